The minimum absolute atomic E-state index is 0.00701. The Kier molecular flexibility index (Phi) is 3.42. The van der Waals surface area contributed by atoms with Gasteiger partial charge in [0, 0.05) is 17.8 Å². The Morgan fingerprint density at radius 1 is 1.17 bits per heavy atom. The monoisotopic (exact) mass is 313 g/mol. The molecule has 4 N–H and O–H groups in total. The molecule has 3 rings (SSSR count). The number of rotatable bonds is 3. The van der Waals surface area contributed by atoms with Crippen LogP contribution in [0.3, 0.4) is 0 Å². The summed E-state index contributed by atoms with van der Waals surface area (Å²) in [4.78, 5) is 11.0. The lowest BCUT2D eigenvalue weighted by atomic mass is 10.1. The lowest BCUT2D eigenvalue weighted by Gasteiger charge is -2.11. The second-order valence-electron chi connectivity index (χ2n) is 5.21. The van der Waals surface area contributed by atoms with Crippen molar-refractivity contribution in [1.29, 1.82) is 0 Å². The van der Waals surface area contributed by atoms with Gasteiger partial charge in [0.05, 0.1) is 21.5 Å². The van der Waals surface area contributed by atoms with E-state index in [1.165, 1.54) is 24.3 Å². The van der Waals surface area contributed by atoms with Crippen molar-refractivity contribution in [1.82, 2.24) is 4.57 Å². The van der Waals surface area contributed by atoms with Crippen LogP contribution in [0.25, 0.3) is 16.6 Å². The Bertz CT molecular complexity index is 913. The topological polar surface area (TPSA) is 115 Å². The number of benzene rings is 2. The van der Waals surface area contributed by atoms with Gasteiger partial charge < -0.3 is 20.5 Å². The molecular formula is C16H15N3O4. The first-order chi connectivity index (χ1) is 11.0. The van der Waals surface area contributed by atoms with Crippen molar-refractivity contribution in [3.05, 3.63) is 57.8 Å². The molecule has 0 aliphatic heterocycles. The van der Waals surface area contributed by atoms with Crippen molar-refractivity contribution in [3.63, 3.8) is 0 Å². The summed E-state index contributed by atoms with van der Waals surface area (Å²) < 4.78 is 1.68. The van der Waals surface area contributed by atoms with Crippen LogP contribution in [0.15, 0.2) is 36.4 Å². The number of aromatic hydroxyl groups is 2. The fourth-order valence-corrected chi connectivity index (χ4v) is 2.90. The van der Waals surface area contributed by atoms with Gasteiger partial charge in [0.15, 0.2) is 0 Å². The highest BCUT2D eigenvalue weighted by Crippen LogP contribution is 2.39. The minimum Gasteiger partial charge on any atom is -0.508 e. The number of nitrogens with zero attached hydrogens (tertiary/aromatic N) is 2. The zero-order valence-corrected chi connectivity index (χ0v) is 12.4. The number of hydrogen-bond acceptors (Lipinski definition) is 5. The highest BCUT2D eigenvalue weighted by atomic mass is 16.6. The molecule has 7 nitrogen and oxygen atoms in total. The van der Waals surface area contributed by atoms with Crippen LogP contribution < -0.4 is 5.73 Å². The predicted octanol–water partition coefficient (Wildman–Crippen LogP) is 2.72. The highest BCUT2D eigenvalue weighted by molar-refractivity contribution is 5.96. The molecule has 0 aliphatic carbocycles. The summed E-state index contributed by atoms with van der Waals surface area (Å²) >= 11 is 0. The molecule has 0 spiro atoms. The molecule has 2 aromatic carbocycles. The molecule has 7 heteroatoms. The normalized spacial score (nSPS) is 11.0. The van der Waals surface area contributed by atoms with E-state index in [0.717, 1.165) is 0 Å². The van der Waals surface area contributed by atoms with Gasteiger partial charge in [0.25, 0.3) is 5.69 Å². The number of phenolic OH excluding ortho intramolecular Hbond substituents is 2. The molecular weight excluding hydrogens is 298 g/mol. The Balaban J connectivity index is 2.49. The maximum Gasteiger partial charge on any atom is 0.298 e. The first kappa shape index (κ1) is 14.9. The van der Waals surface area contributed by atoms with Crippen molar-refractivity contribution < 1.29 is 15.1 Å². The van der Waals surface area contributed by atoms with Gasteiger partial charge in [-0.25, -0.2) is 0 Å². The highest BCUT2D eigenvalue weighted by Gasteiger charge is 2.26. The number of fused-ring (bicyclic) bond motifs is 1. The van der Waals surface area contributed by atoms with E-state index in [1.54, 1.807) is 23.6 Å². The van der Waals surface area contributed by atoms with Gasteiger partial charge in [0.2, 0.25) is 0 Å². The summed E-state index contributed by atoms with van der Waals surface area (Å²) in [6.07, 6.45) is 0. The van der Waals surface area contributed by atoms with Gasteiger partial charge in [-0.15, -0.1) is 0 Å². The van der Waals surface area contributed by atoms with Crippen LogP contribution in [0.5, 0.6) is 11.5 Å². The van der Waals surface area contributed by atoms with E-state index in [9.17, 15) is 20.3 Å². The van der Waals surface area contributed by atoms with Crippen LogP contribution in [0, 0.1) is 17.0 Å². The first-order valence-electron chi connectivity index (χ1n) is 6.95. The zero-order chi connectivity index (χ0) is 16.7. The maximum absolute atomic E-state index is 11.5. The van der Waals surface area contributed by atoms with Crippen molar-refractivity contribution >= 4 is 16.6 Å². The predicted molar refractivity (Wildman–Crippen MR) is 85.9 cm³/mol. The third-order valence-electron chi connectivity index (χ3n) is 3.91. The van der Waals surface area contributed by atoms with E-state index in [1.807, 2.05) is 0 Å². The average molecular weight is 313 g/mol. The second kappa shape index (κ2) is 5.29. The van der Waals surface area contributed by atoms with Crippen molar-refractivity contribution in [3.8, 4) is 17.2 Å². The summed E-state index contributed by atoms with van der Waals surface area (Å²) in [5.74, 6) is 0.0895. The van der Waals surface area contributed by atoms with E-state index in [-0.39, 0.29) is 23.7 Å². The van der Waals surface area contributed by atoms with Crippen LogP contribution in [0.1, 0.15) is 11.3 Å². The van der Waals surface area contributed by atoms with Gasteiger partial charge in [0.1, 0.15) is 11.5 Å². The molecule has 0 aliphatic rings. The second-order valence-corrected chi connectivity index (χ2v) is 5.21. The molecule has 0 saturated carbocycles. The van der Waals surface area contributed by atoms with Crippen LogP contribution >= 0.6 is 0 Å². The Morgan fingerprint density at radius 3 is 2.39 bits per heavy atom. The van der Waals surface area contributed by atoms with Crippen LogP contribution in [0.2, 0.25) is 0 Å². The molecule has 0 fully saturated rings. The zero-order valence-electron chi connectivity index (χ0n) is 12.4. The van der Waals surface area contributed by atoms with E-state index in [2.05, 4.69) is 0 Å². The van der Waals surface area contributed by atoms with Crippen molar-refractivity contribution in [2.45, 2.75) is 13.5 Å². The molecule has 3 aromatic rings. The largest absolute Gasteiger partial charge is 0.508 e. The number of nitro groups is 1. The van der Waals surface area contributed by atoms with Gasteiger partial charge in [-0.1, -0.05) is 0 Å². The summed E-state index contributed by atoms with van der Waals surface area (Å²) in [6.45, 7) is 1.68. The molecule has 1 aromatic heterocycles. The standard InChI is InChI=1S/C16H15N3O4/c1-9-15(19(22)23)12-6-7-14(21)13(8-17)16(12)18(9)10-2-4-11(20)5-3-10/h2-7,20-21H,8,17H2,1H3. The SMILES string of the molecule is Cc1c([N+](=O)[O-])c2ccc(O)c(CN)c2n1-c1ccc(O)cc1. The smallest absolute Gasteiger partial charge is 0.298 e. The molecule has 0 saturated heterocycles. The quantitative estimate of drug-likeness (QED) is 0.508. The molecule has 0 unspecified atom stereocenters. The van der Waals surface area contributed by atoms with Crippen molar-refractivity contribution in [2.75, 3.05) is 0 Å². The summed E-state index contributed by atoms with van der Waals surface area (Å²) in [5, 5.41) is 31.4. The van der Waals surface area contributed by atoms with E-state index >= 15 is 0 Å². The van der Waals surface area contributed by atoms with E-state index in [4.69, 9.17) is 5.73 Å². The number of nitrogens with two attached hydrogens (primary N) is 1. The maximum atomic E-state index is 11.5. The molecule has 1 heterocycles. The third-order valence-corrected chi connectivity index (χ3v) is 3.91. The summed E-state index contributed by atoms with van der Waals surface area (Å²) in [7, 11) is 0. The van der Waals surface area contributed by atoms with Gasteiger partial charge in [-0.3, -0.25) is 10.1 Å². The fraction of sp³-hybridized carbons (Fsp3) is 0.125. The van der Waals surface area contributed by atoms with Crippen LogP contribution in [-0.2, 0) is 6.54 Å². The Hall–Kier alpha value is -3.06. The van der Waals surface area contributed by atoms with Gasteiger partial charge >= 0.3 is 0 Å². The van der Waals surface area contributed by atoms with E-state index in [0.29, 0.717) is 27.8 Å². The average Bonchev–Trinajstić information content (AvgIpc) is 2.80. The Labute approximate surface area is 131 Å². The minimum atomic E-state index is -0.439. The van der Waals surface area contributed by atoms with Crippen LogP contribution in [-0.4, -0.2) is 19.7 Å². The van der Waals surface area contributed by atoms with Gasteiger partial charge in [-0.2, -0.15) is 0 Å². The molecule has 23 heavy (non-hydrogen) atoms. The summed E-state index contributed by atoms with van der Waals surface area (Å²) in [5.41, 5.74) is 7.72. The molecule has 0 bridgehead atoms. The molecule has 118 valence electrons. The lowest BCUT2D eigenvalue weighted by Crippen LogP contribution is -2.03. The molecule has 0 radical (unpaired) electrons. The van der Waals surface area contributed by atoms with Crippen LogP contribution in [0.4, 0.5) is 5.69 Å². The Morgan fingerprint density at radius 2 is 1.83 bits per heavy atom. The lowest BCUT2D eigenvalue weighted by molar-refractivity contribution is -0.383. The van der Waals surface area contributed by atoms with Gasteiger partial charge in [-0.05, 0) is 43.3 Å². The molecule has 0 atom stereocenters. The molecule has 0 amide bonds. The fourth-order valence-electron chi connectivity index (χ4n) is 2.90. The first-order valence-corrected chi connectivity index (χ1v) is 6.95. The van der Waals surface area contributed by atoms with Crippen molar-refractivity contribution in [2.24, 2.45) is 5.73 Å². The third kappa shape index (κ3) is 2.18. The summed E-state index contributed by atoms with van der Waals surface area (Å²) in [6, 6.07) is 9.23. The number of phenols is 2. The number of hydrogen-bond donors (Lipinski definition) is 3. The van der Waals surface area contributed by atoms with E-state index < -0.39 is 4.92 Å². The number of aromatic nitrogens is 1.